The molecule has 3 N–H and O–H groups in total. The quantitative estimate of drug-likeness (QED) is 0.497. The second-order valence-electron chi connectivity index (χ2n) is 3.68. The average Bonchev–Trinajstić information content (AvgIpc) is 2.19. The summed E-state index contributed by atoms with van der Waals surface area (Å²) in [6.45, 7) is 5.46. The van der Waals surface area contributed by atoms with Gasteiger partial charge in [0.1, 0.15) is 0 Å². The first-order valence-corrected chi connectivity index (χ1v) is 5.58. The Labute approximate surface area is 103 Å². The molecule has 1 amide bonds. The van der Waals surface area contributed by atoms with E-state index in [1.165, 1.54) is 0 Å². The third-order valence-electron chi connectivity index (χ3n) is 1.98. The Kier molecular flexibility index (Phi) is 4.06. The van der Waals surface area contributed by atoms with Gasteiger partial charge in [-0.15, -0.1) is 0 Å². The van der Waals surface area contributed by atoms with Gasteiger partial charge in [-0.1, -0.05) is 15.9 Å². The van der Waals surface area contributed by atoms with Crippen molar-refractivity contribution in [2.45, 2.75) is 20.8 Å². The van der Waals surface area contributed by atoms with E-state index in [1.54, 1.807) is 19.9 Å². The largest absolute Gasteiger partial charge is 0.398 e. The molecule has 0 atom stereocenters. The van der Waals surface area contributed by atoms with Gasteiger partial charge < -0.3 is 5.73 Å². The molecule has 5 heteroatoms. The van der Waals surface area contributed by atoms with Gasteiger partial charge in [-0.05, 0) is 38.5 Å². The summed E-state index contributed by atoms with van der Waals surface area (Å²) in [5.41, 5.74) is 10.8. The molecule has 0 aromatic heterocycles. The van der Waals surface area contributed by atoms with Crippen molar-refractivity contribution in [1.29, 1.82) is 0 Å². The second kappa shape index (κ2) is 5.12. The van der Waals surface area contributed by atoms with Crippen molar-refractivity contribution in [3.8, 4) is 0 Å². The van der Waals surface area contributed by atoms with Crippen LogP contribution < -0.4 is 11.2 Å². The third kappa shape index (κ3) is 3.06. The van der Waals surface area contributed by atoms with E-state index in [0.717, 1.165) is 15.7 Å². The van der Waals surface area contributed by atoms with Crippen LogP contribution in [-0.2, 0) is 0 Å². The highest BCUT2D eigenvalue weighted by Crippen LogP contribution is 2.22. The Bertz CT molecular complexity index is 451. The number of hydrazone groups is 1. The number of nitrogens with one attached hydrogen (secondary N) is 1. The number of anilines is 1. The van der Waals surface area contributed by atoms with Crippen LogP contribution in [0.25, 0.3) is 0 Å². The highest BCUT2D eigenvalue weighted by Gasteiger charge is 2.11. The molecule has 0 heterocycles. The van der Waals surface area contributed by atoms with Crippen molar-refractivity contribution >= 4 is 33.2 Å². The van der Waals surface area contributed by atoms with E-state index in [1.807, 2.05) is 13.0 Å². The molecule has 16 heavy (non-hydrogen) atoms. The highest BCUT2D eigenvalue weighted by atomic mass is 79.9. The topological polar surface area (TPSA) is 67.5 Å². The summed E-state index contributed by atoms with van der Waals surface area (Å²) in [6.07, 6.45) is 0. The van der Waals surface area contributed by atoms with Crippen molar-refractivity contribution in [1.82, 2.24) is 5.43 Å². The fourth-order valence-corrected chi connectivity index (χ4v) is 1.74. The molecule has 0 radical (unpaired) electrons. The molecule has 1 rings (SSSR count). The molecule has 4 nitrogen and oxygen atoms in total. The number of hydrogen-bond donors (Lipinski definition) is 2. The number of halogens is 1. The lowest BCUT2D eigenvalue weighted by molar-refractivity contribution is 0.0955. The summed E-state index contributed by atoms with van der Waals surface area (Å²) >= 11 is 3.32. The second-order valence-corrected chi connectivity index (χ2v) is 4.60. The minimum atomic E-state index is -0.303. The van der Waals surface area contributed by atoms with Gasteiger partial charge in [0.15, 0.2) is 0 Å². The number of benzene rings is 1. The molecule has 0 fully saturated rings. The Morgan fingerprint density at radius 3 is 2.62 bits per heavy atom. The maximum Gasteiger partial charge on any atom is 0.273 e. The number of nitrogens with zero attached hydrogens (tertiary/aromatic N) is 1. The average molecular weight is 284 g/mol. The summed E-state index contributed by atoms with van der Waals surface area (Å²) < 4.78 is 0.821. The van der Waals surface area contributed by atoms with Gasteiger partial charge in [-0.3, -0.25) is 4.79 Å². The molecule has 86 valence electrons. The van der Waals surface area contributed by atoms with Crippen LogP contribution in [0.1, 0.15) is 29.8 Å². The summed E-state index contributed by atoms with van der Waals surface area (Å²) in [5, 5.41) is 3.85. The van der Waals surface area contributed by atoms with Crippen molar-refractivity contribution in [3.63, 3.8) is 0 Å². The zero-order valence-electron chi connectivity index (χ0n) is 9.47. The molecule has 0 aliphatic heterocycles. The number of nitrogens with two attached hydrogens (primary N) is 1. The predicted molar refractivity (Wildman–Crippen MR) is 69.5 cm³/mol. The van der Waals surface area contributed by atoms with Crippen LogP contribution in [0.3, 0.4) is 0 Å². The summed E-state index contributed by atoms with van der Waals surface area (Å²) in [7, 11) is 0. The van der Waals surface area contributed by atoms with Crippen molar-refractivity contribution in [2.75, 3.05) is 5.73 Å². The van der Waals surface area contributed by atoms with Gasteiger partial charge >= 0.3 is 0 Å². The van der Waals surface area contributed by atoms with Crippen molar-refractivity contribution in [3.05, 3.63) is 27.7 Å². The predicted octanol–water partition coefficient (Wildman–Crippen LogP) is 2.47. The Balaban J connectivity index is 3.04. The number of nitrogen functional groups attached to an aromatic ring is 1. The van der Waals surface area contributed by atoms with E-state index < -0.39 is 0 Å². The van der Waals surface area contributed by atoms with E-state index in [4.69, 9.17) is 5.73 Å². The Hall–Kier alpha value is -1.36. The number of hydrogen-bond acceptors (Lipinski definition) is 3. The zero-order valence-corrected chi connectivity index (χ0v) is 11.1. The molecule has 0 saturated carbocycles. The van der Waals surface area contributed by atoms with Crippen LogP contribution in [0.2, 0.25) is 0 Å². The highest BCUT2D eigenvalue weighted by molar-refractivity contribution is 9.10. The number of carbonyl (C=O) groups excluding carboxylic acids is 1. The van der Waals surface area contributed by atoms with Gasteiger partial charge in [0.25, 0.3) is 5.91 Å². The molecule has 1 aromatic rings. The SMILES string of the molecule is CC(C)=NNC(=O)c1cc(Br)cc(C)c1N. The van der Waals surface area contributed by atoms with Crippen LogP contribution in [-0.4, -0.2) is 11.6 Å². The first-order valence-electron chi connectivity index (χ1n) is 4.78. The van der Waals surface area contributed by atoms with Crippen LogP contribution >= 0.6 is 15.9 Å². The third-order valence-corrected chi connectivity index (χ3v) is 2.44. The van der Waals surface area contributed by atoms with Crippen LogP contribution in [0.5, 0.6) is 0 Å². The number of carbonyl (C=O) groups is 1. The molecule has 0 bridgehead atoms. The molecule has 0 unspecified atom stereocenters. The molecule has 0 spiro atoms. The van der Waals surface area contributed by atoms with Gasteiger partial charge in [0, 0.05) is 15.9 Å². The van der Waals surface area contributed by atoms with E-state index in [-0.39, 0.29) is 5.91 Å². The number of rotatable bonds is 2. The first kappa shape index (κ1) is 12.7. The fourth-order valence-electron chi connectivity index (χ4n) is 1.16. The van der Waals surface area contributed by atoms with Crippen LogP contribution in [0.4, 0.5) is 5.69 Å². The summed E-state index contributed by atoms with van der Waals surface area (Å²) in [5.74, 6) is -0.303. The zero-order chi connectivity index (χ0) is 12.3. The molecule has 0 aliphatic carbocycles. The van der Waals surface area contributed by atoms with Gasteiger partial charge in [-0.2, -0.15) is 5.10 Å². The van der Waals surface area contributed by atoms with Crippen LogP contribution in [0.15, 0.2) is 21.7 Å². The molecular formula is C11H14BrN3O. The summed E-state index contributed by atoms with van der Waals surface area (Å²) in [4.78, 5) is 11.8. The Morgan fingerprint density at radius 2 is 2.06 bits per heavy atom. The van der Waals surface area contributed by atoms with E-state index in [0.29, 0.717) is 11.3 Å². The van der Waals surface area contributed by atoms with Gasteiger partial charge in [0.2, 0.25) is 0 Å². The van der Waals surface area contributed by atoms with Crippen LogP contribution in [0, 0.1) is 6.92 Å². The maximum absolute atomic E-state index is 11.8. The van der Waals surface area contributed by atoms with Crippen molar-refractivity contribution in [2.24, 2.45) is 5.10 Å². The fraction of sp³-hybridized carbons (Fsp3) is 0.273. The van der Waals surface area contributed by atoms with Crippen molar-refractivity contribution < 1.29 is 4.79 Å². The number of aryl methyl sites for hydroxylation is 1. The minimum absolute atomic E-state index is 0.303. The van der Waals surface area contributed by atoms with E-state index in [9.17, 15) is 4.79 Å². The number of amides is 1. The first-order chi connectivity index (χ1) is 7.41. The normalized spacial score (nSPS) is 9.75. The lowest BCUT2D eigenvalue weighted by Crippen LogP contribution is -2.20. The summed E-state index contributed by atoms with van der Waals surface area (Å²) in [6, 6.07) is 3.54. The Morgan fingerprint density at radius 1 is 1.44 bits per heavy atom. The van der Waals surface area contributed by atoms with Gasteiger partial charge in [0.05, 0.1) is 5.56 Å². The maximum atomic E-state index is 11.8. The smallest absolute Gasteiger partial charge is 0.273 e. The van der Waals surface area contributed by atoms with Gasteiger partial charge in [-0.25, -0.2) is 5.43 Å². The lowest BCUT2D eigenvalue weighted by atomic mass is 10.1. The van der Waals surface area contributed by atoms with E-state index in [2.05, 4.69) is 26.5 Å². The molecule has 0 saturated heterocycles. The molecule has 1 aromatic carbocycles. The standard InChI is InChI=1S/C11H14BrN3O/c1-6(2)14-15-11(16)9-5-8(12)4-7(3)10(9)13/h4-5H,13H2,1-3H3,(H,15,16). The molecular weight excluding hydrogens is 270 g/mol. The monoisotopic (exact) mass is 283 g/mol. The minimum Gasteiger partial charge on any atom is -0.398 e. The lowest BCUT2D eigenvalue weighted by Gasteiger charge is -2.08. The molecule has 0 aliphatic rings. The van der Waals surface area contributed by atoms with E-state index >= 15 is 0 Å².